The summed E-state index contributed by atoms with van der Waals surface area (Å²) in [5.74, 6) is -0.0716. The molecule has 0 aromatic carbocycles. The Kier molecular flexibility index (Phi) is 13.7. The van der Waals surface area contributed by atoms with Crippen LogP contribution in [0.4, 0.5) is 0 Å². The molecule has 6 heteroatoms. The molecule has 156 valence electrons. The smallest absolute Gasteiger partial charge is 0.273 e. The minimum Gasteiger partial charge on any atom is -0.446 e. The number of rotatable bonds is 17. The Labute approximate surface area is 164 Å². The van der Waals surface area contributed by atoms with E-state index in [1.165, 1.54) is 76.9 Å². The van der Waals surface area contributed by atoms with Crippen molar-refractivity contribution in [2.24, 2.45) is 5.73 Å². The number of nitrogens with two attached hydrogens (primary N) is 1. The van der Waals surface area contributed by atoms with Gasteiger partial charge in [-0.1, -0.05) is 84.0 Å². The number of aliphatic hydroxyl groups is 1. The summed E-state index contributed by atoms with van der Waals surface area (Å²) >= 11 is 0. The molecule has 0 spiro atoms. The molecule has 0 saturated carbocycles. The summed E-state index contributed by atoms with van der Waals surface area (Å²) in [6.45, 7) is 2.64. The highest BCUT2D eigenvalue weighted by Crippen LogP contribution is 2.12. The molecule has 1 rings (SSSR count). The first-order valence-electron chi connectivity index (χ1n) is 10.8. The van der Waals surface area contributed by atoms with Crippen molar-refractivity contribution >= 4 is 5.91 Å². The maximum atomic E-state index is 12.0. The van der Waals surface area contributed by atoms with E-state index < -0.39 is 6.04 Å². The lowest BCUT2D eigenvalue weighted by Gasteiger charge is -2.04. The summed E-state index contributed by atoms with van der Waals surface area (Å²) in [6.07, 6.45) is 18.3. The molecule has 0 aliphatic carbocycles. The van der Waals surface area contributed by atoms with E-state index in [2.05, 4.69) is 17.2 Å². The largest absolute Gasteiger partial charge is 0.446 e. The second kappa shape index (κ2) is 15.6. The molecule has 6 nitrogen and oxygen atoms in total. The van der Waals surface area contributed by atoms with Crippen molar-refractivity contribution in [3.63, 3.8) is 0 Å². The van der Waals surface area contributed by atoms with Crippen LogP contribution in [0.25, 0.3) is 0 Å². The monoisotopic (exact) mass is 381 g/mol. The van der Waals surface area contributed by atoms with Crippen molar-refractivity contribution in [1.82, 2.24) is 10.3 Å². The zero-order valence-electron chi connectivity index (χ0n) is 17.0. The highest BCUT2D eigenvalue weighted by atomic mass is 16.3. The van der Waals surface area contributed by atoms with Gasteiger partial charge in [-0.15, -0.1) is 0 Å². The number of aliphatic hydroxyl groups excluding tert-OH is 1. The fourth-order valence-corrected chi connectivity index (χ4v) is 3.08. The Bertz CT molecular complexity index is 491. The molecule has 27 heavy (non-hydrogen) atoms. The second-order valence-electron chi connectivity index (χ2n) is 7.36. The molecule has 0 aliphatic heterocycles. The van der Waals surface area contributed by atoms with Crippen LogP contribution in [0.15, 0.2) is 10.7 Å². The molecule has 1 aromatic rings. The maximum absolute atomic E-state index is 12.0. The van der Waals surface area contributed by atoms with Crippen LogP contribution < -0.4 is 11.1 Å². The lowest BCUT2D eigenvalue weighted by atomic mass is 10.0. The lowest BCUT2D eigenvalue weighted by molar-refractivity contribution is 0.0948. The summed E-state index contributed by atoms with van der Waals surface area (Å²) in [7, 11) is 0. The highest BCUT2D eigenvalue weighted by Gasteiger charge is 2.15. The van der Waals surface area contributed by atoms with Crippen LogP contribution in [0.2, 0.25) is 0 Å². The zero-order chi connectivity index (χ0) is 19.7. The fourth-order valence-electron chi connectivity index (χ4n) is 3.08. The first-order valence-corrected chi connectivity index (χ1v) is 10.8. The summed E-state index contributed by atoms with van der Waals surface area (Å²) in [6, 6.07) is -0.687. The molecule has 1 heterocycles. The molecule has 1 atom stereocenters. The van der Waals surface area contributed by atoms with Crippen molar-refractivity contribution in [1.29, 1.82) is 0 Å². The van der Waals surface area contributed by atoms with E-state index in [1.54, 1.807) is 0 Å². The Morgan fingerprint density at radius 1 is 1.04 bits per heavy atom. The number of hydrogen-bond donors (Lipinski definition) is 3. The van der Waals surface area contributed by atoms with Gasteiger partial charge < -0.3 is 20.6 Å². The van der Waals surface area contributed by atoms with E-state index in [0.717, 1.165) is 12.8 Å². The van der Waals surface area contributed by atoms with Crippen LogP contribution in [-0.4, -0.2) is 29.1 Å². The molecule has 4 N–H and O–H groups in total. The molecular weight excluding hydrogens is 342 g/mol. The molecule has 0 radical (unpaired) electrons. The predicted molar refractivity (Wildman–Crippen MR) is 109 cm³/mol. The summed E-state index contributed by atoms with van der Waals surface area (Å²) in [5.41, 5.74) is 5.81. The van der Waals surface area contributed by atoms with Crippen molar-refractivity contribution in [2.75, 3.05) is 13.2 Å². The minimum absolute atomic E-state index is 0.184. The van der Waals surface area contributed by atoms with Gasteiger partial charge in [-0.2, -0.15) is 0 Å². The Hall–Kier alpha value is -1.40. The normalized spacial score (nSPS) is 12.3. The van der Waals surface area contributed by atoms with E-state index in [4.69, 9.17) is 15.3 Å². The van der Waals surface area contributed by atoms with Crippen molar-refractivity contribution < 1.29 is 14.3 Å². The topological polar surface area (TPSA) is 101 Å². The standard InChI is InChI=1S/C21H39N3O3/c1-2-3-4-5-6-7-8-9-10-11-12-13-14-15-23-20(26)19-17-27-21(24-19)18(22)16-25/h17-18,25H,2-16,22H2,1H3,(H,23,26). The van der Waals surface area contributed by atoms with Crippen LogP contribution in [0.1, 0.15) is 113 Å². The van der Waals surface area contributed by atoms with Gasteiger partial charge in [-0.3, -0.25) is 4.79 Å². The number of aromatic nitrogens is 1. The van der Waals surface area contributed by atoms with Gasteiger partial charge in [0.05, 0.1) is 6.61 Å². The number of carbonyl (C=O) groups excluding carboxylic acids is 1. The van der Waals surface area contributed by atoms with E-state index in [1.807, 2.05) is 0 Å². The molecule has 1 amide bonds. The van der Waals surface area contributed by atoms with Gasteiger partial charge in [-0.05, 0) is 6.42 Å². The van der Waals surface area contributed by atoms with Gasteiger partial charge in [0.15, 0.2) is 5.69 Å². The van der Waals surface area contributed by atoms with Crippen molar-refractivity contribution in [2.45, 2.75) is 96.4 Å². The van der Waals surface area contributed by atoms with Gasteiger partial charge in [0.25, 0.3) is 5.91 Å². The fraction of sp³-hybridized carbons (Fsp3) is 0.810. The van der Waals surface area contributed by atoms with Crippen LogP contribution in [0.5, 0.6) is 0 Å². The molecular formula is C21H39N3O3. The lowest BCUT2D eigenvalue weighted by Crippen LogP contribution is -2.25. The molecule has 0 aliphatic rings. The first kappa shape index (κ1) is 23.6. The average Bonchev–Trinajstić information content (AvgIpc) is 3.18. The third-order valence-corrected chi connectivity index (χ3v) is 4.83. The third-order valence-electron chi connectivity index (χ3n) is 4.83. The van der Waals surface area contributed by atoms with Crippen LogP contribution >= 0.6 is 0 Å². The van der Waals surface area contributed by atoms with Crippen LogP contribution in [0, 0.1) is 0 Å². The molecule has 0 saturated heterocycles. The number of unbranched alkanes of at least 4 members (excludes halogenated alkanes) is 12. The average molecular weight is 382 g/mol. The van der Waals surface area contributed by atoms with E-state index >= 15 is 0 Å². The molecule has 1 aromatic heterocycles. The number of nitrogens with one attached hydrogen (secondary N) is 1. The number of nitrogens with zero attached hydrogens (tertiary/aromatic N) is 1. The van der Waals surface area contributed by atoms with E-state index in [-0.39, 0.29) is 24.1 Å². The maximum Gasteiger partial charge on any atom is 0.273 e. The molecule has 0 bridgehead atoms. The minimum atomic E-state index is -0.687. The summed E-state index contributed by atoms with van der Waals surface area (Å²) in [4.78, 5) is 16.0. The predicted octanol–water partition coefficient (Wildman–Crippen LogP) is 4.49. The van der Waals surface area contributed by atoms with Crippen molar-refractivity contribution in [3.8, 4) is 0 Å². The SMILES string of the molecule is CCCCCCCCCCCCCCCNC(=O)c1coc(C(N)CO)n1. The highest BCUT2D eigenvalue weighted by molar-refractivity contribution is 5.91. The second-order valence-corrected chi connectivity index (χ2v) is 7.36. The van der Waals surface area contributed by atoms with E-state index in [0.29, 0.717) is 6.54 Å². The van der Waals surface area contributed by atoms with Gasteiger partial charge >= 0.3 is 0 Å². The third kappa shape index (κ3) is 11.1. The summed E-state index contributed by atoms with van der Waals surface area (Å²) in [5, 5.41) is 11.8. The zero-order valence-corrected chi connectivity index (χ0v) is 17.0. The van der Waals surface area contributed by atoms with E-state index in [9.17, 15) is 4.79 Å². The first-order chi connectivity index (χ1) is 13.2. The van der Waals surface area contributed by atoms with Crippen LogP contribution in [-0.2, 0) is 0 Å². The van der Waals surface area contributed by atoms with Gasteiger partial charge in [0.2, 0.25) is 5.89 Å². The van der Waals surface area contributed by atoms with Gasteiger partial charge in [0, 0.05) is 6.54 Å². The van der Waals surface area contributed by atoms with Crippen molar-refractivity contribution in [3.05, 3.63) is 17.8 Å². The Morgan fingerprint density at radius 2 is 1.56 bits per heavy atom. The Morgan fingerprint density at radius 3 is 2.07 bits per heavy atom. The quantitative estimate of drug-likeness (QED) is 0.345. The Balaban J connectivity index is 1.91. The molecule has 0 fully saturated rings. The number of amides is 1. The number of carbonyl (C=O) groups is 1. The van der Waals surface area contributed by atoms with Crippen LogP contribution in [0.3, 0.4) is 0 Å². The van der Waals surface area contributed by atoms with Gasteiger partial charge in [-0.25, -0.2) is 4.98 Å². The number of oxazole rings is 1. The number of hydrogen-bond acceptors (Lipinski definition) is 5. The van der Waals surface area contributed by atoms with Gasteiger partial charge in [0.1, 0.15) is 12.3 Å². The summed E-state index contributed by atoms with van der Waals surface area (Å²) < 4.78 is 5.11. The molecule has 1 unspecified atom stereocenters.